The Hall–Kier alpha value is -1.34. The molecule has 13 heavy (non-hydrogen) atoms. The van der Waals surface area contributed by atoms with Crippen LogP contribution in [0, 0.1) is 11.3 Å². The maximum atomic E-state index is 10.4. The van der Waals surface area contributed by atoms with E-state index in [1.54, 1.807) is 0 Å². The number of phosphoric acid groups is 1. The van der Waals surface area contributed by atoms with E-state index in [0.29, 0.717) is 5.56 Å². The zero-order chi connectivity index (χ0) is 9.90. The normalized spacial score (nSPS) is 10.5. The molecule has 0 amide bonds. The lowest BCUT2D eigenvalue weighted by atomic mass is 10.2. The molecule has 2 N–H and O–H groups in total. The topological polar surface area (TPSA) is 90.5 Å². The molecule has 0 aromatic heterocycles. The first-order valence-electron chi connectivity index (χ1n) is 3.26. The summed E-state index contributed by atoms with van der Waals surface area (Å²) in [5, 5.41) is 8.42. The maximum Gasteiger partial charge on any atom is 0.524 e. The molecule has 0 aliphatic heterocycles. The van der Waals surface area contributed by atoms with Crippen LogP contribution in [-0.2, 0) is 4.57 Å². The van der Waals surface area contributed by atoms with Gasteiger partial charge in [0.1, 0.15) is 5.75 Å². The van der Waals surface area contributed by atoms with Crippen LogP contribution in [0.4, 0.5) is 0 Å². The molecule has 1 rings (SSSR count). The smallest absolute Gasteiger partial charge is 0.404 e. The summed E-state index contributed by atoms with van der Waals surface area (Å²) in [6.07, 6.45) is 0. The van der Waals surface area contributed by atoms with Gasteiger partial charge in [0.25, 0.3) is 0 Å². The molecule has 1 aromatic carbocycles. The van der Waals surface area contributed by atoms with E-state index in [-0.39, 0.29) is 5.75 Å². The van der Waals surface area contributed by atoms with Crippen molar-refractivity contribution in [3.8, 4) is 11.8 Å². The van der Waals surface area contributed by atoms with E-state index in [1.165, 1.54) is 24.3 Å². The number of nitriles is 1. The second kappa shape index (κ2) is 3.58. The van der Waals surface area contributed by atoms with Gasteiger partial charge < -0.3 is 4.52 Å². The second-order valence-electron chi connectivity index (χ2n) is 2.22. The molecule has 0 saturated heterocycles. The Bertz CT molecular complexity index is 374. The van der Waals surface area contributed by atoms with Crippen LogP contribution < -0.4 is 4.52 Å². The average Bonchev–Trinajstić information content (AvgIpc) is 2.03. The van der Waals surface area contributed by atoms with Gasteiger partial charge >= 0.3 is 7.82 Å². The molecule has 0 fully saturated rings. The highest BCUT2D eigenvalue weighted by Gasteiger charge is 2.15. The molecule has 0 saturated carbocycles. The molecule has 0 aliphatic carbocycles. The van der Waals surface area contributed by atoms with Crippen molar-refractivity contribution in [1.29, 1.82) is 5.26 Å². The molecular weight excluding hydrogens is 193 g/mol. The van der Waals surface area contributed by atoms with E-state index in [2.05, 4.69) is 4.52 Å². The summed E-state index contributed by atoms with van der Waals surface area (Å²) in [6.45, 7) is 0. The van der Waals surface area contributed by atoms with Gasteiger partial charge in [-0.25, -0.2) is 4.57 Å². The monoisotopic (exact) mass is 199 g/mol. The Morgan fingerprint density at radius 3 is 2.23 bits per heavy atom. The molecular formula is C7H6NO4P. The Morgan fingerprint density at radius 2 is 1.85 bits per heavy atom. The first-order chi connectivity index (χ1) is 6.01. The van der Waals surface area contributed by atoms with Crippen molar-refractivity contribution >= 4 is 7.82 Å². The molecule has 0 atom stereocenters. The van der Waals surface area contributed by atoms with Gasteiger partial charge in [-0.2, -0.15) is 5.26 Å². The highest BCUT2D eigenvalue weighted by Crippen LogP contribution is 2.37. The SMILES string of the molecule is N#Cc1ccc(OP(=O)(O)O)cc1. The van der Waals surface area contributed by atoms with E-state index < -0.39 is 7.82 Å². The molecule has 0 bridgehead atoms. The van der Waals surface area contributed by atoms with Gasteiger partial charge in [-0.1, -0.05) is 0 Å². The number of benzene rings is 1. The average molecular weight is 199 g/mol. The zero-order valence-corrected chi connectivity index (χ0v) is 7.31. The van der Waals surface area contributed by atoms with Crippen molar-refractivity contribution in [3.05, 3.63) is 29.8 Å². The van der Waals surface area contributed by atoms with E-state index in [1.807, 2.05) is 6.07 Å². The summed E-state index contributed by atoms with van der Waals surface area (Å²) in [5.74, 6) is 0.0346. The second-order valence-corrected chi connectivity index (χ2v) is 3.38. The molecule has 68 valence electrons. The van der Waals surface area contributed by atoms with Gasteiger partial charge in [0.15, 0.2) is 0 Å². The molecule has 0 radical (unpaired) electrons. The van der Waals surface area contributed by atoms with Gasteiger partial charge in [0, 0.05) is 0 Å². The summed E-state index contributed by atoms with van der Waals surface area (Å²) < 4.78 is 14.6. The largest absolute Gasteiger partial charge is 0.524 e. The highest BCUT2D eigenvalue weighted by atomic mass is 31.2. The maximum absolute atomic E-state index is 10.4. The van der Waals surface area contributed by atoms with Crippen LogP contribution in [0.5, 0.6) is 5.75 Å². The third-order valence-corrected chi connectivity index (χ3v) is 1.66. The Kier molecular flexibility index (Phi) is 2.69. The van der Waals surface area contributed by atoms with Crippen molar-refractivity contribution in [2.45, 2.75) is 0 Å². The van der Waals surface area contributed by atoms with Gasteiger partial charge in [0.05, 0.1) is 11.6 Å². The number of hydrogen-bond donors (Lipinski definition) is 2. The summed E-state index contributed by atoms with van der Waals surface area (Å²) in [7, 11) is -4.49. The number of nitrogens with zero attached hydrogens (tertiary/aromatic N) is 1. The van der Waals surface area contributed by atoms with Gasteiger partial charge in [-0.3, -0.25) is 9.79 Å². The summed E-state index contributed by atoms with van der Waals surface area (Å²) in [6, 6.07) is 7.32. The lowest BCUT2D eigenvalue weighted by Gasteiger charge is -2.05. The van der Waals surface area contributed by atoms with Crippen molar-refractivity contribution in [2.24, 2.45) is 0 Å². The highest BCUT2D eigenvalue weighted by molar-refractivity contribution is 7.46. The van der Waals surface area contributed by atoms with Gasteiger partial charge in [-0.05, 0) is 24.3 Å². The van der Waals surface area contributed by atoms with Crippen LogP contribution in [-0.4, -0.2) is 9.79 Å². The van der Waals surface area contributed by atoms with Crippen molar-refractivity contribution in [3.63, 3.8) is 0 Å². The number of hydrogen-bond acceptors (Lipinski definition) is 3. The van der Waals surface area contributed by atoms with Crippen molar-refractivity contribution in [1.82, 2.24) is 0 Å². The fraction of sp³-hybridized carbons (Fsp3) is 0. The van der Waals surface area contributed by atoms with Crippen molar-refractivity contribution in [2.75, 3.05) is 0 Å². The lowest BCUT2D eigenvalue weighted by Crippen LogP contribution is -1.89. The molecule has 0 unspecified atom stereocenters. The van der Waals surface area contributed by atoms with E-state index >= 15 is 0 Å². The van der Waals surface area contributed by atoms with E-state index in [9.17, 15) is 4.57 Å². The molecule has 0 heterocycles. The molecule has 0 spiro atoms. The first-order valence-corrected chi connectivity index (χ1v) is 4.79. The Labute approximate surface area is 74.4 Å². The third-order valence-electron chi connectivity index (χ3n) is 1.21. The first kappa shape index (κ1) is 9.75. The van der Waals surface area contributed by atoms with Crippen LogP contribution in [0.15, 0.2) is 24.3 Å². The number of rotatable bonds is 2. The standard InChI is InChI=1S/C7H6NO4P/c8-5-6-1-3-7(4-2-6)12-13(9,10)11/h1-4H,(H2,9,10,11). The third kappa shape index (κ3) is 3.26. The Morgan fingerprint density at radius 1 is 1.31 bits per heavy atom. The van der Waals surface area contributed by atoms with E-state index in [0.717, 1.165) is 0 Å². The summed E-state index contributed by atoms with van der Waals surface area (Å²) >= 11 is 0. The minimum atomic E-state index is -4.49. The lowest BCUT2D eigenvalue weighted by molar-refractivity contribution is 0.283. The van der Waals surface area contributed by atoms with Crippen LogP contribution >= 0.6 is 7.82 Å². The quantitative estimate of drug-likeness (QED) is 0.694. The van der Waals surface area contributed by atoms with Gasteiger partial charge in [0.2, 0.25) is 0 Å². The minimum absolute atomic E-state index is 0.0346. The van der Waals surface area contributed by atoms with Crippen molar-refractivity contribution < 1.29 is 18.9 Å². The number of phosphoric ester groups is 1. The fourth-order valence-electron chi connectivity index (χ4n) is 0.728. The van der Waals surface area contributed by atoms with Crippen LogP contribution in [0.2, 0.25) is 0 Å². The van der Waals surface area contributed by atoms with Crippen LogP contribution in [0.3, 0.4) is 0 Å². The van der Waals surface area contributed by atoms with Crippen LogP contribution in [0.25, 0.3) is 0 Å². The van der Waals surface area contributed by atoms with Gasteiger partial charge in [-0.15, -0.1) is 0 Å². The molecule has 5 nitrogen and oxygen atoms in total. The predicted molar refractivity (Wildman–Crippen MR) is 43.8 cm³/mol. The Balaban J connectivity index is 2.83. The van der Waals surface area contributed by atoms with E-state index in [4.69, 9.17) is 15.0 Å². The predicted octanol–water partition coefficient (Wildman–Crippen LogP) is 1.03. The molecule has 6 heteroatoms. The fourth-order valence-corrected chi connectivity index (χ4v) is 1.12. The molecule has 0 aliphatic rings. The zero-order valence-electron chi connectivity index (χ0n) is 6.41. The summed E-state index contributed by atoms with van der Waals surface area (Å²) in [5.41, 5.74) is 0.401. The van der Waals surface area contributed by atoms with Crippen LogP contribution in [0.1, 0.15) is 5.56 Å². The minimum Gasteiger partial charge on any atom is -0.404 e. The molecule has 1 aromatic rings. The summed E-state index contributed by atoms with van der Waals surface area (Å²) in [4.78, 5) is 16.8.